The number of nitrogens with zero attached hydrogens (tertiary/aromatic N) is 2. The van der Waals surface area contributed by atoms with Crippen molar-refractivity contribution >= 4 is 5.91 Å². The van der Waals surface area contributed by atoms with Gasteiger partial charge in [0.05, 0.1) is 11.7 Å². The number of aromatic nitrogens is 2. The van der Waals surface area contributed by atoms with E-state index >= 15 is 0 Å². The summed E-state index contributed by atoms with van der Waals surface area (Å²) in [4.78, 5) is 11.4. The Bertz CT molecular complexity index is 373. The van der Waals surface area contributed by atoms with Crippen LogP contribution < -0.4 is 11.1 Å². The fraction of sp³-hybridized carbons (Fsp3) is 0.667. The van der Waals surface area contributed by atoms with Crippen molar-refractivity contribution in [3.8, 4) is 0 Å². The third kappa shape index (κ3) is 4.19. The number of aryl methyl sites for hydroxylation is 3. The average molecular weight is 238 g/mol. The zero-order valence-corrected chi connectivity index (χ0v) is 10.9. The minimum atomic E-state index is -0.385. The molecule has 0 unspecified atom stereocenters. The first-order valence-corrected chi connectivity index (χ1v) is 6.09. The Hall–Kier alpha value is -1.36. The molecule has 0 saturated heterocycles. The molecule has 0 aliphatic rings. The molecule has 1 amide bonds. The Kier molecular flexibility index (Phi) is 5.15. The summed E-state index contributed by atoms with van der Waals surface area (Å²) in [5.41, 5.74) is 7.79. The highest BCUT2D eigenvalue weighted by molar-refractivity contribution is 5.81. The molecule has 0 aliphatic heterocycles. The number of amides is 1. The lowest BCUT2D eigenvalue weighted by molar-refractivity contribution is -0.122. The molecule has 0 aromatic carbocycles. The van der Waals surface area contributed by atoms with Gasteiger partial charge in [-0.15, -0.1) is 0 Å². The lowest BCUT2D eigenvalue weighted by Crippen LogP contribution is -2.40. The van der Waals surface area contributed by atoms with E-state index in [4.69, 9.17) is 5.73 Å². The maximum Gasteiger partial charge on any atom is 0.236 e. The quantitative estimate of drug-likeness (QED) is 0.718. The van der Waals surface area contributed by atoms with E-state index in [0.29, 0.717) is 13.0 Å². The Morgan fingerprint density at radius 1 is 1.59 bits per heavy atom. The molecule has 1 aromatic heterocycles. The van der Waals surface area contributed by atoms with Gasteiger partial charge in [0.1, 0.15) is 0 Å². The lowest BCUT2D eigenvalue weighted by atomic mass is 10.2. The zero-order chi connectivity index (χ0) is 12.8. The normalized spacial score (nSPS) is 12.5. The molecule has 17 heavy (non-hydrogen) atoms. The first-order valence-electron chi connectivity index (χ1n) is 6.09. The summed E-state index contributed by atoms with van der Waals surface area (Å²) in [5, 5.41) is 7.18. The van der Waals surface area contributed by atoms with E-state index < -0.39 is 0 Å². The highest BCUT2D eigenvalue weighted by Crippen LogP contribution is 2.02. The minimum Gasteiger partial charge on any atom is -0.355 e. The molecule has 0 bridgehead atoms. The number of hydrogen-bond donors (Lipinski definition) is 2. The van der Waals surface area contributed by atoms with E-state index in [-0.39, 0.29) is 11.9 Å². The molecule has 1 aromatic rings. The first kappa shape index (κ1) is 13.7. The van der Waals surface area contributed by atoms with Gasteiger partial charge in [-0.2, -0.15) is 5.10 Å². The smallest absolute Gasteiger partial charge is 0.236 e. The van der Waals surface area contributed by atoms with Crippen molar-refractivity contribution < 1.29 is 4.79 Å². The molecule has 96 valence electrons. The van der Waals surface area contributed by atoms with Gasteiger partial charge in [-0.05, 0) is 32.8 Å². The molecule has 0 aliphatic carbocycles. The predicted octanol–water partition coefficient (Wildman–Crippen LogP) is 0.744. The fourth-order valence-corrected chi connectivity index (χ4v) is 1.66. The fourth-order valence-electron chi connectivity index (χ4n) is 1.66. The number of nitrogens with one attached hydrogen (secondary N) is 1. The monoisotopic (exact) mass is 238 g/mol. The van der Waals surface area contributed by atoms with Crippen LogP contribution in [-0.2, 0) is 11.3 Å². The summed E-state index contributed by atoms with van der Waals surface area (Å²) in [5.74, 6) is -0.0686. The van der Waals surface area contributed by atoms with E-state index in [9.17, 15) is 4.79 Å². The van der Waals surface area contributed by atoms with Crippen molar-refractivity contribution in [3.05, 3.63) is 17.5 Å². The largest absolute Gasteiger partial charge is 0.355 e. The number of rotatable bonds is 6. The highest BCUT2D eigenvalue weighted by atomic mass is 16.2. The molecular formula is C12H22N4O. The van der Waals surface area contributed by atoms with Gasteiger partial charge < -0.3 is 11.1 Å². The molecular weight excluding hydrogens is 216 g/mol. The molecule has 0 spiro atoms. The Morgan fingerprint density at radius 3 is 2.82 bits per heavy atom. The molecule has 5 nitrogen and oxygen atoms in total. The summed E-state index contributed by atoms with van der Waals surface area (Å²) in [7, 11) is 0. The minimum absolute atomic E-state index is 0.0686. The average Bonchev–Trinajstić information content (AvgIpc) is 2.62. The summed E-state index contributed by atoms with van der Waals surface area (Å²) in [6.45, 7) is 7.38. The molecule has 1 atom stereocenters. The van der Waals surface area contributed by atoms with Crippen LogP contribution in [0.1, 0.15) is 31.2 Å². The topological polar surface area (TPSA) is 72.9 Å². The highest BCUT2D eigenvalue weighted by Gasteiger charge is 2.09. The Labute approximate surface area is 102 Å². The van der Waals surface area contributed by atoms with Crippen LogP contribution in [0.15, 0.2) is 6.07 Å². The second-order valence-corrected chi connectivity index (χ2v) is 4.31. The van der Waals surface area contributed by atoms with Crippen LogP contribution in [0.25, 0.3) is 0 Å². The third-order valence-corrected chi connectivity index (χ3v) is 2.73. The first-order chi connectivity index (χ1) is 8.04. The van der Waals surface area contributed by atoms with E-state index in [2.05, 4.69) is 10.4 Å². The van der Waals surface area contributed by atoms with Crippen LogP contribution in [0.2, 0.25) is 0 Å². The standard InChI is InChI=1S/C12H22N4O/c1-4-11(13)12(17)14-6-5-7-16-10(3)8-9(2)15-16/h8,11H,4-7,13H2,1-3H3,(H,14,17)/t11-/m0/s1. The van der Waals surface area contributed by atoms with Crippen molar-refractivity contribution in [1.82, 2.24) is 15.1 Å². The summed E-state index contributed by atoms with van der Waals surface area (Å²) < 4.78 is 1.96. The van der Waals surface area contributed by atoms with Gasteiger partial charge in [-0.1, -0.05) is 6.92 Å². The van der Waals surface area contributed by atoms with Crippen molar-refractivity contribution in [1.29, 1.82) is 0 Å². The summed E-state index contributed by atoms with van der Waals surface area (Å²) in [6.07, 6.45) is 1.54. The molecule has 5 heteroatoms. The Balaban J connectivity index is 2.25. The maximum absolute atomic E-state index is 11.4. The van der Waals surface area contributed by atoms with E-state index in [1.807, 2.05) is 31.5 Å². The van der Waals surface area contributed by atoms with Crippen LogP contribution in [-0.4, -0.2) is 28.3 Å². The SMILES string of the molecule is CC[C@H](N)C(=O)NCCCn1nc(C)cc1C. The summed E-state index contributed by atoms with van der Waals surface area (Å²) in [6, 6.07) is 1.66. The van der Waals surface area contributed by atoms with Gasteiger partial charge in [0, 0.05) is 18.8 Å². The van der Waals surface area contributed by atoms with Crippen LogP contribution in [0, 0.1) is 13.8 Å². The molecule has 3 N–H and O–H groups in total. The van der Waals surface area contributed by atoms with Crippen LogP contribution in [0.5, 0.6) is 0 Å². The Morgan fingerprint density at radius 2 is 2.29 bits per heavy atom. The number of carbonyl (C=O) groups is 1. The van der Waals surface area contributed by atoms with Crippen LogP contribution in [0.3, 0.4) is 0 Å². The molecule has 0 saturated carbocycles. The van der Waals surface area contributed by atoms with Crippen molar-refractivity contribution in [2.24, 2.45) is 5.73 Å². The second-order valence-electron chi connectivity index (χ2n) is 4.31. The summed E-state index contributed by atoms with van der Waals surface area (Å²) >= 11 is 0. The zero-order valence-electron chi connectivity index (χ0n) is 10.9. The van der Waals surface area contributed by atoms with Crippen molar-refractivity contribution in [3.63, 3.8) is 0 Å². The lowest BCUT2D eigenvalue weighted by Gasteiger charge is -2.10. The van der Waals surface area contributed by atoms with E-state index in [1.165, 1.54) is 0 Å². The molecule has 1 rings (SSSR count). The number of hydrogen-bond acceptors (Lipinski definition) is 3. The molecule has 0 radical (unpaired) electrons. The van der Waals surface area contributed by atoms with Crippen LogP contribution >= 0.6 is 0 Å². The second kappa shape index (κ2) is 6.39. The maximum atomic E-state index is 11.4. The van der Waals surface area contributed by atoms with Gasteiger partial charge >= 0.3 is 0 Å². The van der Waals surface area contributed by atoms with Crippen molar-refractivity contribution in [2.45, 2.75) is 46.2 Å². The van der Waals surface area contributed by atoms with Gasteiger partial charge in [-0.25, -0.2) is 0 Å². The van der Waals surface area contributed by atoms with E-state index in [0.717, 1.165) is 24.4 Å². The molecule has 0 fully saturated rings. The van der Waals surface area contributed by atoms with Gasteiger partial charge in [0.15, 0.2) is 0 Å². The predicted molar refractivity (Wildman–Crippen MR) is 67.6 cm³/mol. The van der Waals surface area contributed by atoms with Gasteiger partial charge in [-0.3, -0.25) is 9.48 Å². The van der Waals surface area contributed by atoms with Crippen molar-refractivity contribution in [2.75, 3.05) is 6.54 Å². The number of carbonyl (C=O) groups excluding carboxylic acids is 1. The molecule has 1 heterocycles. The van der Waals surface area contributed by atoms with Gasteiger partial charge in [0.2, 0.25) is 5.91 Å². The van der Waals surface area contributed by atoms with Crippen LogP contribution in [0.4, 0.5) is 0 Å². The van der Waals surface area contributed by atoms with E-state index in [1.54, 1.807) is 0 Å². The van der Waals surface area contributed by atoms with Gasteiger partial charge in [0.25, 0.3) is 0 Å². The number of nitrogens with two attached hydrogens (primary N) is 1. The third-order valence-electron chi connectivity index (χ3n) is 2.73.